The molecule has 0 radical (unpaired) electrons. The van der Waals surface area contributed by atoms with Crippen LogP contribution in [0.4, 0.5) is 13.2 Å². The lowest BCUT2D eigenvalue weighted by Gasteiger charge is -2.27. The van der Waals surface area contributed by atoms with Gasteiger partial charge in [-0.15, -0.1) is 0 Å². The second kappa shape index (κ2) is 6.05. The topological polar surface area (TPSA) is 38.3 Å². The summed E-state index contributed by atoms with van der Waals surface area (Å²) in [6, 6.07) is 7.88. The van der Waals surface area contributed by atoms with E-state index in [4.69, 9.17) is 4.74 Å². The largest absolute Gasteiger partial charge is 0.389 e. The smallest absolute Gasteiger partial charge is 0.376 e. The molecular weight excluding hydrogens is 283 g/mol. The fourth-order valence-corrected chi connectivity index (χ4v) is 2.60. The van der Waals surface area contributed by atoms with Gasteiger partial charge in [0.25, 0.3) is 0 Å². The van der Waals surface area contributed by atoms with Crippen molar-refractivity contribution in [2.45, 2.75) is 37.5 Å². The molecule has 1 aliphatic carbocycles. The van der Waals surface area contributed by atoms with Gasteiger partial charge in [-0.25, -0.2) is 0 Å². The fourth-order valence-electron chi connectivity index (χ4n) is 2.60. The van der Waals surface area contributed by atoms with Crippen LogP contribution in [-0.4, -0.2) is 31.3 Å². The SMILES string of the molecule is COC1(CNC(=O)CCC(F)(F)F)Cc2ccccc2C1. The minimum Gasteiger partial charge on any atom is -0.376 e. The Hall–Kier alpha value is -1.56. The van der Waals surface area contributed by atoms with Crippen LogP contribution in [0.5, 0.6) is 0 Å². The van der Waals surface area contributed by atoms with Crippen LogP contribution in [0, 0.1) is 0 Å². The number of carbonyl (C=O) groups excluding carboxylic acids is 1. The van der Waals surface area contributed by atoms with E-state index in [2.05, 4.69) is 5.32 Å². The summed E-state index contributed by atoms with van der Waals surface area (Å²) in [5.74, 6) is -0.597. The van der Waals surface area contributed by atoms with Crippen LogP contribution >= 0.6 is 0 Å². The molecule has 0 saturated heterocycles. The molecule has 21 heavy (non-hydrogen) atoms. The van der Waals surface area contributed by atoms with E-state index >= 15 is 0 Å². The van der Waals surface area contributed by atoms with E-state index in [-0.39, 0.29) is 6.54 Å². The van der Waals surface area contributed by atoms with Gasteiger partial charge in [0.2, 0.25) is 5.91 Å². The summed E-state index contributed by atoms with van der Waals surface area (Å²) in [6.07, 6.45) is -4.65. The summed E-state index contributed by atoms with van der Waals surface area (Å²) in [7, 11) is 1.56. The van der Waals surface area contributed by atoms with Gasteiger partial charge in [-0.3, -0.25) is 4.79 Å². The molecule has 2 rings (SSSR count). The predicted octanol–water partition coefficient (Wildman–Crippen LogP) is 2.63. The lowest BCUT2D eigenvalue weighted by atomic mass is 10.00. The summed E-state index contributed by atoms with van der Waals surface area (Å²) in [4.78, 5) is 11.5. The zero-order chi connectivity index (χ0) is 15.5. The summed E-state index contributed by atoms with van der Waals surface area (Å²) in [5.41, 5.74) is 1.75. The number of carbonyl (C=O) groups is 1. The van der Waals surface area contributed by atoms with Crippen molar-refractivity contribution < 1.29 is 22.7 Å². The van der Waals surface area contributed by atoms with E-state index in [1.165, 1.54) is 0 Å². The summed E-state index contributed by atoms with van der Waals surface area (Å²) in [5, 5.41) is 2.56. The Labute approximate surface area is 121 Å². The number of rotatable bonds is 5. The second-order valence-corrected chi connectivity index (χ2v) is 5.40. The van der Waals surface area contributed by atoms with Gasteiger partial charge in [0.1, 0.15) is 0 Å². The van der Waals surface area contributed by atoms with Crippen LogP contribution in [-0.2, 0) is 22.4 Å². The number of halogens is 3. The number of alkyl halides is 3. The molecular formula is C15H18F3NO2. The number of ether oxygens (including phenoxy) is 1. The van der Waals surface area contributed by atoms with Crippen molar-refractivity contribution >= 4 is 5.91 Å². The van der Waals surface area contributed by atoms with Gasteiger partial charge in [0, 0.05) is 32.9 Å². The van der Waals surface area contributed by atoms with Crippen LogP contribution in [0.1, 0.15) is 24.0 Å². The number of nitrogens with one attached hydrogen (secondary N) is 1. The maximum atomic E-state index is 12.1. The lowest BCUT2D eigenvalue weighted by molar-refractivity contribution is -0.144. The molecule has 0 heterocycles. The van der Waals surface area contributed by atoms with Crippen LogP contribution < -0.4 is 5.32 Å². The molecule has 3 nitrogen and oxygen atoms in total. The second-order valence-electron chi connectivity index (χ2n) is 5.40. The lowest BCUT2D eigenvalue weighted by Crippen LogP contribution is -2.45. The van der Waals surface area contributed by atoms with Crippen molar-refractivity contribution in [2.75, 3.05) is 13.7 Å². The molecule has 0 aromatic heterocycles. The molecule has 116 valence electrons. The molecule has 0 saturated carbocycles. The molecule has 0 unspecified atom stereocenters. The molecule has 6 heteroatoms. The van der Waals surface area contributed by atoms with Gasteiger partial charge in [-0.05, 0) is 11.1 Å². The van der Waals surface area contributed by atoms with Crippen LogP contribution in [0.25, 0.3) is 0 Å². The first-order valence-corrected chi connectivity index (χ1v) is 6.79. The third-order valence-electron chi connectivity index (χ3n) is 3.82. The molecule has 1 aliphatic rings. The number of methoxy groups -OCH3 is 1. The Morgan fingerprint density at radius 2 is 1.86 bits per heavy atom. The molecule has 0 bridgehead atoms. The maximum Gasteiger partial charge on any atom is 0.389 e. The average molecular weight is 301 g/mol. The van der Waals surface area contributed by atoms with Gasteiger partial charge in [0.05, 0.1) is 12.0 Å². The first-order valence-electron chi connectivity index (χ1n) is 6.79. The van der Waals surface area contributed by atoms with Crippen molar-refractivity contribution in [3.8, 4) is 0 Å². The van der Waals surface area contributed by atoms with Crippen molar-refractivity contribution in [1.29, 1.82) is 0 Å². The average Bonchev–Trinajstić information content (AvgIpc) is 2.81. The van der Waals surface area contributed by atoms with Crippen molar-refractivity contribution in [1.82, 2.24) is 5.32 Å². The van der Waals surface area contributed by atoms with Crippen molar-refractivity contribution in [2.24, 2.45) is 0 Å². The predicted molar refractivity (Wildman–Crippen MR) is 71.9 cm³/mol. The molecule has 1 amide bonds. The first-order chi connectivity index (χ1) is 9.84. The van der Waals surface area contributed by atoms with Crippen LogP contribution in [0.3, 0.4) is 0 Å². The molecule has 0 spiro atoms. The summed E-state index contributed by atoms with van der Waals surface area (Å²) >= 11 is 0. The van der Waals surface area contributed by atoms with Crippen LogP contribution in [0.2, 0.25) is 0 Å². The normalized spacial score (nSPS) is 16.6. The van der Waals surface area contributed by atoms with Gasteiger partial charge >= 0.3 is 6.18 Å². The Balaban J connectivity index is 1.89. The summed E-state index contributed by atoms with van der Waals surface area (Å²) < 4.78 is 41.8. The fraction of sp³-hybridized carbons (Fsp3) is 0.533. The Morgan fingerprint density at radius 1 is 1.29 bits per heavy atom. The number of hydrogen-bond acceptors (Lipinski definition) is 2. The standard InChI is InChI=1S/C15H18F3NO2/c1-21-14(8-11-4-2-3-5-12(11)9-14)10-19-13(20)6-7-15(16,17)18/h2-5H,6-10H2,1H3,(H,19,20). The third-order valence-corrected chi connectivity index (χ3v) is 3.82. The highest BCUT2D eigenvalue weighted by Crippen LogP contribution is 2.32. The molecule has 1 aromatic rings. The third kappa shape index (κ3) is 4.20. The molecule has 0 fully saturated rings. The van der Waals surface area contributed by atoms with Crippen LogP contribution in [0.15, 0.2) is 24.3 Å². The van der Waals surface area contributed by atoms with Gasteiger partial charge in [-0.1, -0.05) is 24.3 Å². The van der Waals surface area contributed by atoms with Crippen molar-refractivity contribution in [3.05, 3.63) is 35.4 Å². The quantitative estimate of drug-likeness (QED) is 0.908. The number of amides is 1. The minimum absolute atomic E-state index is 0.217. The minimum atomic E-state index is -4.31. The van der Waals surface area contributed by atoms with Gasteiger partial charge in [-0.2, -0.15) is 13.2 Å². The van der Waals surface area contributed by atoms with E-state index in [0.717, 1.165) is 11.1 Å². The highest BCUT2D eigenvalue weighted by atomic mass is 19.4. The zero-order valence-electron chi connectivity index (χ0n) is 11.8. The maximum absolute atomic E-state index is 12.1. The number of benzene rings is 1. The van der Waals surface area contributed by atoms with Crippen molar-refractivity contribution in [3.63, 3.8) is 0 Å². The Kier molecular flexibility index (Phi) is 4.56. The Morgan fingerprint density at radius 3 is 2.33 bits per heavy atom. The first kappa shape index (κ1) is 15.8. The summed E-state index contributed by atoms with van der Waals surface area (Å²) in [6.45, 7) is 0.217. The zero-order valence-corrected chi connectivity index (χ0v) is 11.8. The number of hydrogen-bond donors (Lipinski definition) is 1. The monoisotopic (exact) mass is 301 g/mol. The molecule has 1 aromatic carbocycles. The van der Waals surface area contributed by atoms with E-state index in [1.54, 1.807) is 7.11 Å². The van der Waals surface area contributed by atoms with E-state index < -0.39 is 30.5 Å². The highest BCUT2D eigenvalue weighted by molar-refractivity contribution is 5.76. The Bertz CT molecular complexity index is 489. The van der Waals surface area contributed by atoms with Gasteiger partial charge in [0.15, 0.2) is 0 Å². The molecule has 0 aliphatic heterocycles. The number of fused-ring (bicyclic) bond motifs is 1. The van der Waals surface area contributed by atoms with E-state index in [1.807, 2.05) is 24.3 Å². The van der Waals surface area contributed by atoms with Gasteiger partial charge < -0.3 is 10.1 Å². The van der Waals surface area contributed by atoms with E-state index in [9.17, 15) is 18.0 Å². The van der Waals surface area contributed by atoms with E-state index in [0.29, 0.717) is 12.8 Å². The molecule has 1 N–H and O–H groups in total. The highest BCUT2D eigenvalue weighted by Gasteiger charge is 2.37. The molecule has 0 atom stereocenters.